The highest BCUT2D eigenvalue weighted by atomic mass is 16.3. The fourth-order valence-corrected chi connectivity index (χ4v) is 0.896. The Morgan fingerprint density at radius 2 is 1.00 bits per heavy atom. The molecule has 0 aromatic carbocycles. The van der Waals surface area contributed by atoms with Gasteiger partial charge in [-0.05, 0) is 20.8 Å². The van der Waals surface area contributed by atoms with E-state index in [9.17, 15) is 0 Å². The second-order valence-corrected chi connectivity index (χ2v) is 3.12. The lowest BCUT2D eigenvalue weighted by molar-refractivity contribution is 0.132. The van der Waals surface area contributed by atoms with Gasteiger partial charge in [-0.15, -0.1) is 0 Å². The maximum absolute atomic E-state index is 9.05. The summed E-state index contributed by atoms with van der Waals surface area (Å²) >= 11 is 0. The maximum atomic E-state index is 9.05. The maximum Gasteiger partial charge on any atom is 0.0683 e. The van der Waals surface area contributed by atoms with Gasteiger partial charge in [-0.3, -0.25) is 4.90 Å². The predicted molar refractivity (Wildman–Crippen MR) is 49.8 cm³/mol. The van der Waals surface area contributed by atoms with Crippen LogP contribution in [0.5, 0.6) is 0 Å². The molecule has 3 radical (unpaired) electrons. The average molecular weight is 188 g/mol. The van der Waals surface area contributed by atoms with Crippen molar-refractivity contribution in [2.45, 2.75) is 39.1 Å². The lowest BCUT2D eigenvalue weighted by Crippen LogP contribution is -2.29. The zero-order valence-corrected chi connectivity index (χ0v) is 8.25. The molecule has 0 fully saturated rings. The van der Waals surface area contributed by atoms with Crippen LogP contribution in [0.25, 0.3) is 0 Å². The standard InChI is InChI=1S/C9H18NO3/c1-7(11)4-10(5-8(2)12)6-9(3)13/h4-9,11-13H,1-3H3. The Balaban J connectivity index is 3.87. The Labute approximate surface area is 79.8 Å². The molecule has 3 N–H and O–H groups in total. The van der Waals surface area contributed by atoms with Gasteiger partial charge in [-0.2, -0.15) is 0 Å². The van der Waals surface area contributed by atoms with Gasteiger partial charge in [0.05, 0.1) is 37.9 Å². The smallest absolute Gasteiger partial charge is 0.0683 e. The minimum absolute atomic E-state index is 0.620. The molecule has 3 unspecified atom stereocenters. The third kappa shape index (κ3) is 8.18. The summed E-state index contributed by atoms with van der Waals surface area (Å²) in [5, 5.41) is 27.1. The molecule has 0 aliphatic heterocycles. The molecule has 0 aromatic heterocycles. The van der Waals surface area contributed by atoms with Gasteiger partial charge in [0.1, 0.15) is 0 Å². The van der Waals surface area contributed by atoms with Crippen LogP contribution in [-0.4, -0.2) is 38.5 Å². The van der Waals surface area contributed by atoms with Crippen LogP contribution in [0.1, 0.15) is 20.8 Å². The average Bonchev–Trinajstić information content (AvgIpc) is 1.80. The van der Waals surface area contributed by atoms with Crippen molar-refractivity contribution in [3.8, 4) is 0 Å². The molecule has 0 aliphatic rings. The van der Waals surface area contributed by atoms with E-state index in [-0.39, 0.29) is 0 Å². The van der Waals surface area contributed by atoms with Crippen LogP contribution in [0.4, 0.5) is 0 Å². The zero-order chi connectivity index (χ0) is 10.4. The summed E-state index contributed by atoms with van der Waals surface area (Å²) in [6.45, 7) is 9.24. The summed E-state index contributed by atoms with van der Waals surface area (Å²) in [5.74, 6) is 0. The van der Waals surface area contributed by atoms with E-state index in [0.29, 0.717) is 0 Å². The second-order valence-electron chi connectivity index (χ2n) is 3.12. The number of rotatable bonds is 6. The molecule has 0 heterocycles. The molecule has 0 spiro atoms. The molecule has 3 atom stereocenters. The summed E-state index contributed by atoms with van der Waals surface area (Å²) in [7, 11) is 0. The van der Waals surface area contributed by atoms with Crippen molar-refractivity contribution in [1.82, 2.24) is 4.90 Å². The number of hydrogen-bond donors (Lipinski definition) is 3. The molecular weight excluding hydrogens is 170 g/mol. The van der Waals surface area contributed by atoms with Gasteiger partial charge < -0.3 is 15.3 Å². The Morgan fingerprint density at radius 1 is 0.769 bits per heavy atom. The van der Waals surface area contributed by atoms with Gasteiger partial charge in [-0.25, -0.2) is 0 Å². The van der Waals surface area contributed by atoms with E-state index in [1.54, 1.807) is 20.8 Å². The van der Waals surface area contributed by atoms with Gasteiger partial charge >= 0.3 is 0 Å². The number of aliphatic hydroxyl groups excluding tert-OH is 3. The van der Waals surface area contributed by atoms with Crippen molar-refractivity contribution < 1.29 is 15.3 Å². The molecule has 4 nitrogen and oxygen atoms in total. The third-order valence-corrected chi connectivity index (χ3v) is 1.16. The van der Waals surface area contributed by atoms with Crippen LogP contribution in [0.3, 0.4) is 0 Å². The van der Waals surface area contributed by atoms with Crippen LogP contribution < -0.4 is 0 Å². The summed E-state index contributed by atoms with van der Waals surface area (Å²) in [6, 6.07) is 0. The van der Waals surface area contributed by atoms with E-state index in [2.05, 4.69) is 0 Å². The van der Waals surface area contributed by atoms with Crippen molar-refractivity contribution in [3.63, 3.8) is 0 Å². The second kappa shape index (κ2) is 6.32. The van der Waals surface area contributed by atoms with E-state index in [1.165, 1.54) is 24.5 Å². The molecule has 0 bridgehead atoms. The van der Waals surface area contributed by atoms with Gasteiger partial charge in [0.15, 0.2) is 0 Å². The molecule has 0 amide bonds. The van der Waals surface area contributed by atoms with Crippen molar-refractivity contribution in [2.75, 3.05) is 0 Å². The Morgan fingerprint density at radius 3 is 1.15 bits per heavy atom. The molecule has 13 heavy (non-hydrogen) atoms. The molecular formula is C9H18NO3. The van der Waals surface area contributed by atoms with Crippen molar-refractivity contribution in [1.29, 1.82) is 0 Å². The fraction of sp³-hybridized carbons (Fsp3) is 0.667. The lowest BCUT2D eigenvalue weighted by Gasteiger charge is -2.24. The van der Waals surface area contributed by atoms with Crippen LogP contribution in [0, 0.1) is 19.6 Å². The molecule has 4 heteroatoms. The Kier molecular flexibility index (Phi) is 6.24. The summed E-state index contributed by atoms with van der Waals surface area (Å²) < 4.78 is 0. The summed E-state index contributed by atoms with van der Waals surface area (Å²) in [5.41, 5.74) is 0. The van der Waals surface area contributed by atoms with Crippen LogP contribution in [-0.2, 0) is 0 Å². The first-order valence-electron chi connectivity index (χ1n) is 4.28. The van der Waals surface area contributed by atoms with E-state index in [4.69, 9.17) is 15.3 Å². The van der Waals surface area contributed by atoms with Crippen molar-refractivity contribution >= 4 is 0 Å². The molecule has 0 saturated carbocycles. The SMILES string of the molecule is CC(O)[CH]N([CH]C(C)O)[CH]C(C)O. The highest BCUT2D eigenvalue weighted by Gasteiger charge is 2.14. The number of nitrogens with zero attached hydrogens (tertiary/aromatic N) is 1. The Bertz CT molecular complexity index is 102. The van der Waals surface area contributed by atoms with Crippen molar-refractivity contribution in [3.05, 3.63) is 19.6 Å². The van der Waals surface area contributed by atoms with Crippen molar-refractivity contribution in [2.24, 2.45) is 0 Å². The monoisotopic (exact) mass is 188 g/mol. The van der Waals surface area contributed by atoms with E-state index >= 15 is 0 Å². The quantitative estimate of drug-likeness (QED) is 0.545. The molecule has 77 valence electrons. The van der Waals surface area contributed by atoms with Crippen LogP contribution in [0.2, 0.25) is 0 Å². The third-order valence-electron chi connectivity index (χ3n) is 1.16. The molecule has 0 aromatic rings. The first-order chi connectivity index (χ1) is 5.91. The first kappa shape index (κ1) is 12.8. The molecule has 0 aliphatic carbocycles. The fourth-order valence-electron chi connectivity index (χ4n) is 0.896. The topological polar surface area (TPSA) is 63.9 Å². The first-order valence-corrected chi connectivity index (χ1v) is 4.28. The normalized spacial score (nSPS) is 18.7. The van der Waals surface area contributed by atoms with Gasteiger partial charge in [0.25, 0.3) is 0 Å². The zero-order valence-electron chi connectivity index (χ0n) is 8.25. The molecule has 0 rings (SSSR count). The predicted octanol–water partition coefficient (Wildman–Crippen LogP) is -0.0838. The van der Waals surface area contributed by atoms with Crippen LogP contribution in [0.15, 0.2) is 0 Å². The molecule has 0 saturated heterocycles. The highest BCUT2D eigenvalue weighted by molar-refractivity contribution is 4.90. The summed E-state index contributed by atoms with van der Waals surface area (Å²) in [4.78, 5) is 1.47. The summed E-state index contributed by atoms with van der Waals surface area (Å²) in [6.07, 6.45) is -1.86. The van der Waals surface area contributed by atoms with Gasteiger partial charge in [0, 0.05) is 0 Å². The Hall–Kier alpha value is -0.160. The van der Waals surface area contributed by atoms with E-state index in [0.717, 1.165) is 0 Å². The lowest BCUT2D eigenvalue weighted by atomic mass is 10.2. The van der Waals surface area contributed by atoms with Gasteiger partial charge in [0.2, 0.25) is 0 Å². The largest absolute Gasteiger partial charge is 0.392 e. The number of aliphatic hydroxyl groups is 3. The minimum atomic E-state index is -0.620. The number of hydrogen-bond acceptors (Lipinski definition) is 4. The van der Waals surface area contributed by atoms with Gasteiger partial charge in [-0.1, -0.05) is 0 Å². The van der Waals surface area contributed by atoms with Crippen LogP contribution >= 0.6 is 0 Å². The highest BCUT2D eigenvalue weighted by Crippen LogP contribution is 2.09. The van der Waals surface area contributed by atoms with E-state index in [1.807, 2.05) is 0 Å². The minimum Gasteiger partial charge on any atom is -0.392 e. The van der Waals surface area contributed by atoms with E-state index < -0.39 is 18.3 Å².